The molecule has 2 fully saturated rings. The van der Waals surface area contributed by atoms with Gasteiger partial charge in [0.05, 0.1) is 19.2 Å². The van der Waals surface area contributed by atoms with Gasteiger partial charge in [0.15, 0.2) is 0 Å². The molecule has 1 aliphatic heterocycles. The van der Waals surface area contributed by atoms with Gasteiger partial charge in [0.2, 0.25) is 5.91 Å². The fourth-order valence-electron chi connectivity index (χ4n) is 1.64. The van der Waals surface area contributed by atoms with Crippen LogP contribution in [0.1, 0.15) is 19.3 Å². The Morgan fingerprint density at radius 2 is 2.21 bits per heavy atom. The van der Waals surface area contributed by atoms with E-state index in [0.29, 0.717) is 13.2 Å². The van der Waals surface area contributed by atoms with Crippen LogP contribution in [0, 0.1) is 5.92 Å². The Balaban J connectivity index is 1.53. The van der Waals surface area contributed by atoms with Gasteiger partial charge in [-0.05, 0) is 31.7 Å². The minimum atomic E-state index is 0.0983. The van der Waals surface area contributed by atoms with E-state index in [-0.39, 0.29) is 11.9 Å². The van der Waals surface area contributed by atoms with Crippen LogP contribution in [0.5, 0.6) is 0 Å². The van der Waals surface area contributed by atoms with Crippen LogP contribution in [0.25, 0.3) is 0 Å². The van der Waals surface area contributed by atoms with Gasteiger partial charge >= 0.3 is 0 Å². The Labute approximate surface area is 84.4 Å². The molecule has 2 rings (SSSR count). The Morgan fingerprint density at radius 1 is 1.36 bits per heavy atom. The molecule has 1 unspecified atom stereocenters. The van der Waals surface area contributed by atoms with Crippen molar-refractivity contribution in [2.75, 3.05) is 26.3 Å². The molecule has 2 aliphatic rings. The average molecular weight is 198 g/mol. The van der Waals surface area contributed by atoms with Crippen LogP contribution in [0.2, 0.25) is 0 Å². The lowest BCUT2D eigenvalue weighted by Crippen LogP contribution is -2.41. The predicted molar refractivity (Wildman–Crippen MR) is 53.0 cm³/mol. The summed E-state index contributed by atoms with van der Waals surface area (Å²) in [5, 5.41) is 6.11. The molecule has 1 saturated carbocycles. The molecule has 0 radical (unpaired) electrons. The Bertz CT molecular complexity index is 198. The SMILES string of the molecule is O=C(CNCC1CC1)NC1CCOC1. The topological polar surface area (TPSA) is 50.4 Å². The first-order valence-corrected chi connectivity index (χ1v) is 5.42. The monoisotopic (exact) mass is 198 g/mol. The molecule has 1 saturated heterocycles. The highest BCUT2D eigenvalue weighted by Crippen LogP contribution is 2.27. The summed E-state index contributed by atoms with van der Waals surface area (Å²) in [6, 6.07) is 0.241. The third kappa shape index (κ3) is 3.27. The number of ether oxygens (including phenoxy) is 1. The first kappa shape index (κ1) is 9.93. The molecule has 0 bridgehead atoms. The van der Waals surface area contributed by atoms with Crippen molar-refractivity contribution < 1.29 is 9.53 Å². The summed E-state index contributed by atoms with van der Waals surface area (Å²) in [4.78, 5) is 11.4. The lowest BCUT2D eigenvalue weighted by molar-refractivity contribution is -0.120. The van der Waals surface area contributed by atoms with Crippen LogP contribution in [0.4, 0.5) is 0 Å². The molecule has 0 aromatic heterocycles. The van der Waals surface area contributed by atoms with E-state index in [9.17, 15) is 4.79 Å². The summed E-state index contributed by atoms with van der Waals surface area (Å²) in [6.07, 6.45) is 3.60. The van der Waals surface area contributed by atoms with E-state index in [1.807, 2.05) is 0 Å². The standard InChI is InChI=1S/C10H18N2O2/c13-10(6-11-5-8-1-2-8)12-9-3-4-14-7-9/h8-9,11H,1-7H2,(H,12,13). The summed E-state index contributed by atoms with van der Waals surface area (Å²) in [5.41, 5.74) is 0. The maximum atomic E-state index is 11.4. The molecule has 1 aliphatic carbocycles. The van der Waals surface area contributed by atoms with Gasteiger partial charge < -0.3 is 15.4 Å². The fraction of sp³-hybridized carbons (Fsp3) is 0.900. The molecule has 14 heavy (non-hydrogen) atoms. The van der Waals surface area contributed by atoms with Crippen molar-refractivity contribution in [3.05, 3.63) is 0 Å². The number of hydrogen-bond donors (Lipinski definition) is 2. The Hall–Kier alpha value is -0.610. The van der Waals surface area contributed by atoms with Crippen LogP contribution in [-0.2, 0) is 9.53 Å². The van der Waals surface area contributed by atoms with Crippen molar-refractivity contribution in [2.45, 2.75) is 25.3 Å². The minimum absolute atomic E-state index is 0.0983. The van der Waals surface area contributed by atoms with Crippen molar-refractivity contribution >= 4 is 5.91 Å². The number of rotatable bonds is 5. The first-order valence-electron chi connectivity index (χ1n) is 5.42. The van der Waals surface area contributed by atoms with E-state index in [4.69, 9.17) is 4.74 Å². The first-order chi connectivity index (χ1) is 6.84. The summed E-state index contributed by atoms with van der Waals surface area (Å²) < 4.78 is 5.18. The van der Waals surface area contributed by atoms with Crippen LogP contribution in [0.3, 0.4) is 0 Å². The highest BCUT2D eigenvalue weighted by atomic mass is 16.5. The van der Waals surface area contributed by atoms with Gasteiger partial charge in [-0.2, -0.15) is 0 Å². The van der Waals surface area contributed by atoms with Gasteiger partial charge in [-0.1, -0.05) is 0 Å². The van der Waals surface area contributed by atoms with Crippen LogP contribution < -0.4 is 10.6 Å². The van der Waals surface area contributed by atoms with Crippen molar-refractivity contribution in [1.82, 2.24) is 10.6 Å². The molecule has 1 heterocycles. The quantitative estimate of drug-likeness (QED) is 0.648. The molecule has 1 amide bonds. The van der Waals surface area contributed by atoms with Crippen molar-refractivity contribution in [3.8, 4) is 0 Å². The average Bonchev–Trinajstić information content (AvgIpc) is 2.83. The van der Waals surface area contributed by atoms with E-state index >= 15 is 0 Å². The largest absolute Gasteiger partial charge is 0.379 e. The van der Waals surface area contributed by atoms with Gasteiger partial charge in [-0.15, -0.1) is 0 Å². The summed E-state index contributed by atoms with van der Waals surface area (Å²) in [6.45, 7) is 2.90. The zero-order valence-electron chi connectivity index (χ0n) is 8.42. The van der Waals surface area contributed by atoms with Gasteiger partial charge in [0.1, 0.15) is 0 Å². The number of amides is 1. The number of nitrogens with one attached hydrogen (secondary N) is 2. The molecule has 80 valence electrons. The minimum Gasteiger partial charge on any atom is -0.379 e. The van der Waals surface area contributed by atoms with E-state index in [1.54, 1.807) is 0 Å². The molecule has 4 nitrogen and oxygen atoms in total. The number of hydrogen-bond acceptors (Lipinski definition) is 3. The lowest BCUT2D eigenvalue weighted by atomic mass is 10.2. The molecule has 2 N–H and O–H groups in total. The van der Waals surface area contributed by atoms with E-state index in [1.165, 1.54) is 12.8 Å². The molecule has 0 aromatic carbocycles. The molecule has 1 atom stereocenters. The van der Waals surface area contributed by atoms with Crippen LogP contribution >= 0.6 is 0 Å². The molecular weight excluding hydrogens is 180 g/mol. The summed E-state index contributed by atoms with van der Waals surface area (Å²) in [7, 11) is 0. The molecule has 0 spiro atoms. The lowest BCUT2D eigenvalue weighted by Gasteiger charge is -2.10. The summed E-state index contributed by atoms with van der Waals surface area (Å²) in [5.74, 6) is 0.929. The van der Waals surface area contributed by atoms with Crippen molar-refractivity contribution in [2.24, 2.45) is 5.92 Å². The third-order valence-corrected chi connectivity index (χ3v) is 2.71. The normalized spacial score (nSPS) is 26.4. The highest BCUT2D eigenvalue weighted by Gasteiger charge is 2.21. The van der Waals surface area contributed by atoms with Gasteiger partial charge in [0.25, 0.3) is 0 Å². The van der Waals surface area contributed by atoms with Crippen LogP contribution in [0.15, 0.2) is 0 Å². The van der Waals surface area contributed by atoms with E-state index in [0.717, 1.165) is 25.5 Å². The second kappa shape index (κ2) is 4.75. The van der Waals surface area contributed by atoms with Crippen LogP contribution in [-0.4, -0.2) is 38.3 Å². The summed E-state index contributed by atoms with van der Waals surface area (Å²) >= 11 is 0. The molecule has 0 aromatic rings. The van der Waals surface area contributed by atoms with Crippen molar-refractivity contribution in [3.63, 3.8) is 0 Å². The zero-order chi connectivity index (χ0) is 9.80. The number of carbonyl (C=O) groups is 1. The maximum absolute atomic E-state index is 11.4. The van der Waals surface area contributed by atoms with Gasteiger partial charge in [-0.25, -0.2) is 0 Å². The highest BCUT2D eigenvalue weighted by molar-refractivity contribution is 5.78. The maximum Gasteiger partial charge on any atom is 0.234 e. The van der Waals surface area contributed by atoms with Gasteiger partial charge in [0, 0.05) is 6.61 Å². The Kier molecular flexibility index (Phi) is 3.37. The van der Waals surface area contributed by atoms with E-state index in [2.05, 4.69) is 10.6 Å². The predicted octanol–water partition coefficient (Wildman–Crippen LogP) is -0.109. The van der Waals surface area contributed by atoms with E-state index < -0.39 is 0 Å². The number of carbonyl (C=O) groups excluding carboxylic acids is 1. The second-order valence-electron chi connectivity index (χ2n) is 4.20. The zero-order valence-corrected chi connectivity index (χ0v) is 8.42. The van der Waals surface area contributed by atoms with Gasteiger partial charge in [-0.3, -0.25) is 4.79 Å². The third-order valence-electron chi connectivity index (χ3n) is 2.71. The Morgan fingerprint density at radius 3 is 2.86 bits per heavy atom. The van der Waals surface area contributed by atoms with Crippen molar-refractivity contribution in [1.29, 1.82) is 0 Å². The fourth-order valence-corrected chi connectivity index (χ4v) is 1.64. The molecule has 4 heteroatoms. The molecular formula is C10H18N2O2. The second-order valence-corrected chi connectivity index (χ2v) is 4.20. The smallest absolute Gasteiger partial charge is 0.234 e.